The Morgan fingerprint density at radius 2 is 2.00 bits per heavy atom. The molecule has 0 spiro atoms. The highest BCUT2D eigenvalue weighted by atomic mass is 16.5. The number of benzene rings is 1. The van der Waals surface area contributed by atoms with Crippen LogP contribution in [0.1, 0.15) is 13.3 Å². The standard InChI is InChI=1S/C15H23NO4/c1-13(15(18)19)12-16(9-10-17)8-5-11-20-14-6-3-2-4-7-14/h2-4,6-7,13,17H,5,8-12H2,1H3,(H,18,19). The number of hydrogen-bond donors (Lipinski definition) is 2. The molecule has 1 unspecified atom stereocenters. The van der Waals surface area contributed by atoms with Crippen LogP contribution in [0.15, 0.2) is 30.3 Å². The Morgan fingerprint density at radius 1 is 1.30 bits per heavy atom. The number of carboxylic acids is 1. The fraction of sp³-hybridized carbons (Fsp3) is 0.533. The van der Waals surface area contributed by atoms with Gasteiger partial charge in [-0.1, -0.05) is 25.1 Å². The van der Waals surface area contributed by atoms with Crippen LogP contribution in [0.4, 0.5) is 0 Å². The monoisotopic (exact) mass is 281 g/mol. The number of aliphatic hydroxyl groups is 1. The maximum atomic E-state index is 10.8. The van der Waals surface area contributed by atoms with Crippen molar-refractivity contribution in [1.29, 1.82) is 0 Å². The molecule has 0 aliphatic carbocycles. The summed E-state index contributed by atoms with van der Waals surface area (Å²) in [6.45, 7) is 3.93. The second kappa shape index (κ2) is 9.34. The molecule has 0 aliphatic rings. The average molecular weight is 281 g/mol. The Kier molecular flexibility index (Phi) is 7.69. The van der Waals surface area contributed by atoms with E-state index in [1.165, 1.54) is 0 Å². The van der Waals surface area contributed by atoms with Gasteiger partial charge in [0, 0.05) is 19.6 Å². The van der Waals surface area contributed by atoms with Crippen LogP contribution in [-0.4, -0.2) is 53.9 Å². The van der Waals surface area contributed by atoms with Crippen molar-refractivity contribution in [2.45, 2.75) is 13.3 Å². The molecular formula is C15H23NO4. The van der Waals surface area contributed by atoms with Gasteiger partial charge in [0.15, 0.2) is 0 Å². The van der Waals surface area contributed by atoms with E-state index >= 15 is 0 Å². The van der Waals surface area contributed by atoms with Crippen molar-refractivity contribution in [2.24, 2.45) is 5.92 Å². The Bertz CT molecular complexity index is 383. The highest BCUT2D eigenvalue weighted by Crippen LogP contribution is 2.09. The lowest BCUT2D eigenvalue weighted by molar-refractivity contribution is -0.141. The molecule has 0 fully saturated rings. The summed E-state index contributed by atoms with van der Waals surface area (Å²) in [5.74, 6) is -0.412. The zero-order valence-corrected chi connectivity index (χ0v) is 11.9. The topological polar surface area (TPSA) is 70.0 Å². The van der Waals surface area contributed by atoms with Crippen molar-refractivity contribution in [3.63, 3.8) is 0 Å². The second-order valence-electron chi connectivity index (χ2n) is 4.78. The SMILES string of the molecule is CC(CN(CCO)CCCOc1ccccc1)C(=O)O. The van der Waals surface area contributed by atoms with E-state index in [2.05, 4.69) is 0 Å². The largest absolute Gasteiger partial charge is 0.494 e. The third kappa shape index (κ3) is 6.54. The van der Waals surface area contributed by atoms with Crippen molar-refractivity contribution in [3.05, 3.63) is 30.3 Å². The molecule has 5 heteroatoms. The van der Waals surface area contributed by atoms with Gasteiger partial charge in [-0.3, -0.25) is 4.79 Å². The predicted molar refractivity (Wildman–Crippen MR) is 76.9 cm³/mol. The molecule has 0 aromatic heterocycles. The summed E-state index contributed by atoms with van der Waals surface area (Å²) >= 11 is 0. The number of ether oxygens (including phenoxy) is 1. The molecule has 1 aromatic carbocycles. The summed E-state index contributed by atoms with van der Waals surface area (Å²) in [6.07, 6.45) is 0.793. The van der Waals surface area contributed by atoms with Crippen molar-refractivity contribution < 1.29 is 19.7 Å². The highest BCUT2D eigenvalue weighted by molar-refractivity contribution is 5.69. The normalized spacial score (nSPS) is 12.3. The number of aliphatic hydroxyl groups excluding tert-OH is 1. The van der Waals surface area contributed by atoms with Crippen molar-refractivity contribution >= 4 is 5.97 Å². The summed E-state index contributed by atoms with van der Waals surface area (Å²) in [5, 5.41) is 17.9. The average Bonchev–Trinajstić information content (AvgIpc) is 2.44. The molecule has 0 amide bonds. The predicted octanol–water partition coefficient (Wildman–Crippen LogP) is 1.47. The maximum Gasteiger partial charge on any atom is 0.307 e. The molecule has 1 aromatic rings. The Balaban J connectivity index is 2.26. The Hall–Kier alpha value is -1.59. The van der Waals surface area contributed by atoms with E-state index in [-0.39, 0.29) is 6.61 Å². The number of hydrogen-bond acceptors (Lipinski definition) is 4. The van der Waals surface area contributed by atoms with Gasteiger partial charge in [0.1, 0.15) is 5.75 Å². The molecule has 0 aliphatic heterocycles. The lowest BCUT2D eigenvalue weighted by Crippen LogP contribution is -2.35. The van der Waals surface area contributed by atoms with E-state index in [1.54, 1.807) is 6.92 Å². The Labute approximate surface area is 119 Å². The fourth-order valence-electron chi connectivity index (χ4n) is 1.90. The molecular weight excluding hydrogens is 258 g/mol. The molecule has 2 N–H and O–H groups in total. The number of aliphatic carboxylic acids is 1. The van der Waals surface area contributed by atoms with Crippen LogP contribution in [0.2, 0.25) is 0 Å². The van der Waals surface area contributed by atoms with Crippen LogP contribution in [-0.2, 0) is 4.79 Å². The van der Waals surface area contributed by atoms with Crippen LogP contribution < -0.4 is 4.74 Å². The van der Waals surface area contributed by atoms with Crippen molar-refractivity contribution in [1.82, 2.24) is 4.90 Å². The van der Waals surface area contributed by atoms with Crippen molar-refractivity contribution in [2.75, 3.05) is 32.8 Å². The number of rotatable bonds is 10. The molecule has 1 atom stereocenters. The molecule has 0 saturated heterocycles. The molecule has 0 radical (unpaired) electrons. The zero-order chi connectivity index (χ0) is 14.8. The van der Waals surface area contributed by atoms with Crippen LogP contribution in [0, 0.1) is 5.92 Å². The maximum absolute atomic E-state index is 10.8. The van der Waals surface area contributed by atoms with Gasteiger partial charge in [0.05, 0.1) is 19.1 Å². The van der Waals surface area contributed by atoms with Gasteiger partial charge in [0.25, 0.3) is 0 Å². The van der Waals surface area contributed by atoms with Gasteiger partial charge in [-0.25, -0.2) is 0 Å². The Morgan fingerprint density at radius 3 is 2.60 bits per heavy atom. The van der Waals surface area contributed by atoms with E-state index < -0.39 is 11.9 Å². The van der Waals surface area contributed by atoms with Gasteiger partial charge in [-0.05, 0) is 18.6 Å². The van der Waals surface area contributed by atoms with Gasteiger partial charge in [0.2, 0.25) is 0 Å². The molecule has 112 valence electrons. The molecule has 20 heavy (non-hydrogen) atoms. The highest BCUT2D eigenvalue weighted by Gasteiger charge is 2.15. The molecule has 0 saturated carbocycles. The van der Waals surface area contributed by atoms with Gasteiger partial charge in [-0.15, -0.1) is 0 Å². The number of nitrogens with zero attached hydrogens (tertiary/aromatic N) is 1. The summed E-state index contributed by atoms with van der Waals surface area (Å²) < 4.78 is 5.58. The lowest BCUT2D eigenvalue weighted by atomic mass is 10.1. The van der Waals surface area contributed by atoms with Gasteiger partial charge in [-0.2, -0.15) is 0 Å². The van der Waals surface area contributed by atoms with E-state index in [1.807, 2.05) is 35.2 Å². The minimum absolute atomic E-state index is 0.0336. The van der Waals surface area contributed by atoms with Crippen LogP contribution in [0.5, 0.6) is 5.75 Å². The minimum Gasteiger partial charge on any atom is -0.494 e. The van der Waals surface area contributed by atoms with Gasteiger partial charge >= 0.3 is 5.97 Å². The van der Waals surface area contributed by atoms with Crippen LogP contribution in [0.3, 0.4) is 0 Å². The first kappa shape index (κ1) is 16.5. The van der Waals surface area contributed by atoms with Crippen LogP contribution >= 0.6 is 0 Å². The van der Waals surface area contributed by atoms with Crippen molar-refractivity contribution in [3.8, 4) is 5.75 Å². The molecule has 0 heterocycles. The summed E-state index contributed by atoms with van der Waals surface area (Å²) in [5.41, 5.74) is 0. The van der Waals surface area contributed by atoms with Gasteiger partial charge < -0.3 is 19.8 Å². The fourth-order valence-corrected chi connectivity index (χ4v) is 1.90. The number of carbonyl (C=O) groups is 1. The molecule has 5 nitrogen and oxygen atoms in total. The second-order valence-corrected chi connectivity index (χ2v) is 4.78. The molecule has 1 rings (SSSR count). The third-order valence-electron chi connectivity index (χ3n) is 3.00. The summed E-state index contributed by atoms with van der Waals surface area (Å²) in [7, 11) is 0. The third-order valence-corrected chi connectivity index (χ3v) is 3.00. The lowest BCUT2D eigenvalue weighted by Gasteiger charge is -2.23. The van der Waals surface area contributed by atoms with E-state index in [0.717, 1.165) is 12.2 Å². The summed E-state index contributed by atoms with van der Waals surface area (Å²) in [4.78, 5) is 12.8. The number of para-hydroxylation sites is 1. The first-order valence-corrected chi connectivity index (χ1v) is 6.87. The quantitative estimate of drug-likeness (QED) is 0.636. The minimum atomic E-state index is -0.812. The first-order valence-electron chi connectivity index (χ1n) is 6.87. The molecule has 0 bridgehead atoms. The van der Waals surface area contributed by atoms with E-state index in [0.29, 0.717) is 26.2 Å². The first-order chi connectivity index (χ1) is 9.63. The smallest absolute Gasteiger partial charge is 0.307 e. The van der Waals surface area contributed by atoms with Crippen LogP contribution in [0.25, 0.3) is 0 Å². The number of carboxylic acid groups (broad SMARTS) is 1. The van der Waals surface area contributed by atoms with E-state index in [9.17, 15) is 4.79 Å². The zero-order valence-electron chi connectivity index (χ0n) is 11.9. The van der Waals surface area contributed by atoms with E-state index in [4.69, 9.17) is 14.9 Å². The summed E-state index contributed by atoms with van der Waals surface area (Å²) in [6, 6.07) is 9.57.